The number of fused-ring (bicyclic) bond motifs is 1. The smallest absolute Gasteiger partial charge is 0.333 e. The maximum Gasteiger partial charge on any atom is 0.333 e. The molecule has 1 amide bonds. The molecule has 0 atom stereocenters. The Morgan fingerprint density at radius 3 is 2.50 bits per heavy atom. The lowest BCUT2D eigenvalue weighted by Crippen LogP contribution is -2.39. The first-order valence-corrected chi connectivity index (χ1v) is 6.63. The highest BCUT2D eigenvalue weighted by atomic mass is 35.5. The molecule has 112 valence electrons. The summed E-state index contributed by atoms with van der Waals surface area (Å²) < 4.78 is 1.71. The first kappa shape index (κ1) is 14.3. The molecule has 0 radical (unpaired) electrons. The molecule has 0 unspecified atom stereocenters. The second-order valence-corrected chi connectivity index (χ2v) is 5.29. The number of hydrogen-bond acceptors (Lipinski definition) is 4. The van der Waals surface area contributed by atoms with Crippen LogP contribution in [0.1, 0.15) is 5.56 Å². The van der Waals surface area contributed by atoms with Gasteiger partial charge in [0.05, 0.1) is 10.9 Å². The van der Waals surface area contributed by atoms with Gasteiger partial charge < -0.3 is 5.11 Å². The van der Waals surface area contributed by atoms with Crippen LogP contribution in [0.3, 0.4) is 0 Å². The number of rotatable bonds is 1. The molecule has 1 aromatic heterocycles. The Bertz CT molecular complexity index is 1080. The molecule has 0 saturated heterocycles. The van der Waals surface area contributed by atoms with Crippen molar-refractivity contribution in [3.63, 3.8) is 0 Å². The molecule has 0 bridgehead atoms. The third-order valence-electron chi connectivity index (χ3n) is 3.55. The van der Waals surface area contributed by atoms with Gasteiger partial charge in [-0.05, 0) is 18.2 Å². The van der Waals surface area contributed by atoms with Crippen LogP contribution in [0, 0.1) is 0 Å². The highest BCUT2D eigenvalue weighted by molar-refractivity contribution is 6.30. The molecule has 2 heterocycles. The number of aromatic hydroxyl groups is 1. The van der Waals surface area contributed by atoms with Crippen molar-refractivity contribution >= 4 is 23.1 Å². The molecule has 8 heteroatoms. The van der Waals surface area contributed by atoms with Gasteiger partial charge in [-0.2, -0.15) is 0 Å². The topological polar surface area (TPSA) is 93.7 Å². The van der Waals surface area contributed by atoms with Crippen molar-refractivity contribution in [2.24, 2.45) is 19.1 Å². The van der Waals surface area contributed by atoms with E-state index in [1.165, 1.54) is 20.2 Å². The maximum atomic E-state index is 12.3. The zero-order valence-corrected chi connectivity index (χ0v) is 12.4. The standard InChI is InChI=1S/C14H10ClN3O4/c1-17-12(20)10(13(21)18(2)14(17)22)9-7-5-6(15)3-4-8(7)16-11(9)19/h3-5,20H,1-2H3. The van der Waals surface area contributed by atoms with Gasteiger partial charge in [0.15, 0.2) is 0 Å². The summed E-state index contributed by atoms with van der Waals surface area (Å²) in [7, 11) is 2.57. The van der Waals surface area contributed by atoms with Crippen molar-refractivity contribution in [1.29, 1.82) is 0 Å². The minimum Gasteiger partial charge on any atom is -0.494 e. The fourth-order valence-electron chi connectivity index (χ4n) is 2.38. The summed E-state index contributed by atoms with van der Waals surface area (Å²) in [5, 5.41) is 11.2. The summed E-state index contributed by atoms with van der Waals surface area (Å²) in [6.07, 6.45) is 0. The second kappa shape index (κ2) is 4.67. The van der Waals surface area contributed by atoms with E-state index in [1.807, 2.05) is 0 Å². The molecule has 0 fully saturated rings. The predicted molar refractivity (Wildman–Crippen MR) is 78.3 cm³/mol. The lowest BCUT2D eigenvalue weighted by molar-refractivity contribution is -0.112. The Balaban J connectivity index is 2.57. The lowest BCUT2D eigenvalue weighted by Gasteiger charge is -2.10. The van der Waals surface area contributed by atoms with Gasteiger partial charge in [-0.15, -0.1) is 0 Å². The summed E-state index contributed by atoms with van der Waals surface area (Å²) >= 11 is 5.92. The van der Waals surface area contributed by atoms with Crippen molar-refractivity contribution < 1.29 is 9.90 Å². The van der Waals surface area contributed by atoms with E-state index < -0.39 is 23.0 Å². The van der Waals surface area contributed by atoms with E-state index in [-0.39, 0.29) is 11.1 Å². The minimum atomic E-state index is -0.771. The molecule has 1 N–H and O–H groups in total. The van der Waals surface area contributed by atoms with Crippen LogP contribution in [0.25, 0.3) is 5.57 Å². The summed E-state index contributed by atoms with van der Waals surface area (Å²) in [6.45, 7) is 0. The molecule has 22 heavy (non-hydrogen) atoms. The van der Waals surface area contributed by atoms with Gasteiger partial charge in [-0.1, -0.05) is 11.6 Å². The van der Waals surface area contributed by atoms with Gasteiger partial charge in [0.2, 0.25) is 5.88 Å². The molecule has 2 aromatic rings. The van der Waals surface area contributed by atoms with Crippen molar-refractivity contribution in [3.8, 4) is 5.88 Å². The fourth-order valence-corrected chi connectivity index (χ4v) is 2.55. The number of aromatic nitrogens is 2. The number of carbonyl (C=O) groups excluding carboxylic acids is 1. The van der Waals surface area contributed by atoms with Gasteiger partial charge in [0, 0.05) is 24.3 Å². The average molecular weight is 320 g/mol. The zero-order valence-electron chi connectivity index (χ0n) is 11.6. The third kappa shape index (κ3) is 1.82. The van der Waals surface area contributed by atoms with E-state index in [9.17, 15) is 19.5 Å². The Labute approximate surface area is 128 Å². The number of hydrogen-bond donors (Lipinski definition) is 1. The predicted octanol–water partition coefficient (Wildman–Crippen LogP) is -1.20. The summed E-state index contributed by atoms with van der Waals surface area (Å²) in [5.41, 5.74) is -1.79. The number of benzene rings is 1. The van der Waals surface area contributed by atoms with E-state index in [0.29, 0.717) is 15.6 Å². The molecule has 0 saturated carbocycles. The lowest BCUT2D eigenvalue weighted by atomic mass is 10.1. The van der Waals surface area contributed by atoms with Crippen molar-refractivity contribution in [3.05, 3.63) is 60.2 Å². The van der Waals surface area contributed by atoms with Gasteiger partial charge >= 0.3 is 5.69 Å². The molecule has 1 aromatic carbocycles. The van der Waals surface area contributed by atoms with Crippen LogP contribution in [-0.4, -0.2) is 20.1 Å². The summed E-state index contributed by atoms with van der Waals surface area (Å²) in [5.74, 6) is -1.25. The van der Waals surface area contributed by atoms with Crippen LogP contribution < -0.4 is 21.8 Å². The number of halogens is 1. The molecule has 0 spiro atoms. The molecule has 1 aliphatic heterocycles. The van der Waals surface area contributed by atoms with Crippen LogP contribution in [0.4, 0.5) is 0 Å². The van der Waals surface area contributed by atoms with Crippen LogP contribution in [-0.2, 0) is 18.9 Å². The normalized spacial score (nSPS) is 13.2. The number of carbonyl (C=O) groups is 1. The zero-order chi connectivity index (χ0) is 16.2. The minimum absolute atomic E-state index is 0.0637. The fraction of sp³-hybridized carbons (Fsp3) is 0.143. The highest BCUT2D eigenvalue weighted by Gasteiger charge is 2.27. The molecular formula is C14H10ClN3O4. The van der Waals surface area contributed by atoms with E-state index in [0.717, 1.165) is 9.13 Å². The largest absolute Gasteiger partial charge is 0.494 e. The van der Waals surface area contributed by atoms with E-state index in [4.69, 9.17) is 11.6 Å². The Morgan fingerprint density at radius 2 is 1.82 bits per heavy atom. The van der Waals surface area contributed by atoms with Crippen molar-refractivity contribution in [2.45, 2.75) is 0 Å². The molecule has 1 aliphatic rings. The van der Waals surface area contributed by atoms with Crippen molar-refractivity contribution in [2.75, 3.05) is 0 Å². The maximum absolute atomic E-state index is 12.3. The third-order valence-corrected chi connectivity index (χ3v) is 3.78. The Hall–Kier alpha value is -2.67. The van der Waals surface area contributed by atoms with Crippen molar-refractivity contribution in [1.82, 2.24) is 9.13 Å². The van der Waals surface area contributed by atoms with Crippen LogP contribution in [0.15, 0.2) is 32.8 Å². The molecular weight excluding hydrogens is 310 g/mol. The first-order chi connectivity index (χ1) is 10.3. The van der Waals surface area contributed by atoms with E-state index in [1.54, 1.807) is 12.1 Å². The molecule has 3 rings (SSSR count). The average Bonchev–Trinajstić information content (AvgIpc) is 2.79. The van der Waals surface area contributed by atoms with Crippen LogP contribution in [0.5, 0.6) is 5.88 Å². The monoisotopic (exact) mass is 319 g/mol. The summed E-state index contributed by atoms with van der Waals surface area (Å²) in [4.78, 5) is 40.1. The van der Waals surface area contributed by atoms with Gasteiger partial charge in [0.25, 0.3) is 11.5 Å². The van der Waals surface area contributed by atoms with E-state index >= 15 is 0 Å². The number of amides is 1. The van der Waals surface area contributed by atoms with Crippen LogP contribution in [0.2, 0.25) is 5.02 Å². The van der Waals surface area contributed by atoms with E-state index in [2.05, 4.69) is 4.99 Å². The van der Waals surface area contributed by atoms with Gasteiger partial charge in [-0.3, -0.25) is 18.7 Å². The molecule has 0 aliphatic carbocycles. The highest BCUT2D eigenvalue weighted by Crippen LogP contribution is 2.19. The summed E-state index contributed by atoms with van der Waals surface area (Å²) in [6, 6.07) is 4.61. The Morgan fingerprint density at radius 1 is 1.14 bits per heavy atom. The van der Waals surface area contributed by atoms with Gasteiger partial charge in [-0.25, -0.2) is 9.79 Å². The first-order valence-electron chi connectivity index (χ1n) is 6.25. The SMILES string of the molecule is Cn1c(O)c(C2=c3cc(Cl)ccc3=NC2=O)c(=O)n(C)c1=O. The van der Waals surface area contributed by atoms with Gasteiger partial charge in [0.1, 0.15) is 5.56 Å². The molecule has 7 nitrogen and oxygen atoms in total. The number of nitrogens with zero attached hydrogens (tertiary/aromatic N) is 3. The van der Waals surface area contributed by atoms with Crippen LogP contribution >= 0.6 is 11.6 Å². The second-order valence-electron chi connectivity index (χ2n) is 4.86. The Kier molecular flexibility index (Phi) is 3.03. The quantitative estimate of drug-likeness (QED) is 0.714.